The van der Waals surface area contributed by atoms with E-state index >= 15 is 0 Å². The monoisotopic (exact) mass is 264 g/mol. The van der Waals surface area contributed by atoms with Gasteiger partial charge in [0.05, 0.1) is 0 Å². The number of rotatable bonds is 2. The van der Waals surface area contributed by atoms with Crippen molar-refractivity contribution in [2.24, 2.45) is 0 Å². The summed E-state index contributed by atoms with van der Waals surface area (Å²) in [5.74, 6) is 2.36. The van der Waals surface area contributed by atoms with Crippen LogP contribution >= 0.6 is 0 Å². The Kier molecular flexibility index (Phi) is 2.45. The van der Waals surface area contributed by atoms with E-state index in [1.807, 2.05) is 36.5 Å². The number of aromatic amines is 1. The van der Waals surface area contributed by atoms with Crippen LogP contribution in [0.15, 0.2) is 54.9 Å². The van der Waals surface area contributed by atoms with Crippen LogP contribution in [-0.2, 0) is 0 Å². The van der Waals surface area contributed by atoms with E-state index in [2.05, 4.69) is 22.1 Å². The molecule has 2 heterocycles. The fourth-order valence-electron chi connectivity index (χ4n) is 2.41. The Morgan fingerprint density at radius 2 is 1.70 bits per heavy atom. The van der Waals surface area contributed by atoms with Gasteiger partial charge < -0.3 is 14.5 Å². The third kappa shape index (κ3) is 1.73. The second-order valence-corrected chi connectivity index (χ2v) is 4.55. The van der Waals surface area contributed by atoms with Crippen LogP contribution < -0.4 is 9.47 Å². The molecule has 2 aromatic carbocycles. The van der Waals surface area contributed by atoms with Crippen LogP contribution in [0.4, 0.5) is 0 Å². The molecule has 0 amide bonds. The first-order valence-electron chi connectivity index (χ1n) is 6.40. The highest BCUT2D eigenvalue weighted by Gasteiger charge is 2.19. The van der Waals surface area contributed by atoms with Gasteiger partial charge in [-0.2, -0.15) is 0 Å². The van der Waals surface area contributed by atoms with Crippen LogP contribution in [0.3, 0.4) is 0 Å². The van der Waals surface area contributed by atoms with Gasteiger partial charge in [-0.1, -0.05) is 30.3 Å². The summed E-state index contributed by atoms with van der Waals surface area (Å²) in [6.07, 6.45) is 3.56. The molecule has 4 heteroatoms. The zero-order valence-electron chi connectivity index (χ0n) is 10.7. The first-order chi connectivity index (χ1) is 9.92. The lowest BCUT2D eigenvalue weighted by molar-refractivity contribution is 0.174. The van der Waals surface area contributed by atoms with E-state index in [9.17, 15) is 0 Å². The van der Waals surface area contributed by atoms with Crippen molar-refractivity contribution < 1.29 is 9.47 Å². The summed E-state index contributed by atoms with van der Waals surface area (Å²) in [7, 11) is 0. The molecule has 3 aromatic rings. The average Bonchev–Trinajstić information content (AvgIpc) is 3.17. The third-order valence-corrected chi connectivity index (χ3v) is 3.35. The smallest absolute Gasteiger partial charge is 0.231 e. The molecule has 1 aliphatic heterocycles. The number of fused-ring (bicyclic) bond motifs is 1. The van der Waals surface area contributed by atoms with Gasteiger partial charge in [-0.05, 0) is 23.3 Å². The topological polar surface area (TPSA) is 47.1 Å². The van der Waals surface area contributed by atoms with Crippen LogP contribution in [0.1, 0.15) is 0 Å². The fourth-order valence-corrected chi connectivity index (χ4v) is 2.41. The highest BCUT2D eigenvalue weighted by atomic mass is 16.7. The molecule has 4 nitrogen and oxygen atoms in total. The van der Waals surface area contributed by atoms with E-state index in [0.29, 0.717) is 0 Å². The highest BCUT2D eigenvalue weighted by Crippen LogP contribution is 2.41. The Morgan fingerprint density at radius 3 is 2.40 bits per heavy atom. The number of aromatic nitrogens is 2. The van der Waals surface area contributed by atoms with Gasteiger partial charge in [-0.15, -0.1) is 0 Å². The van der Waals surface area contributed by atoms with Gasteiger partial charge in [0.1, 0.15) is 5.82 Å². The summed E-state index contributed by atoms with van der Waals surface area (Å²) in [6, 6.07) is 14.2. The molecule has 0 saturated carbocycles. The number of hydrogen-bond acceptors (Lipinski definition) is 3. The molecule has 98 valence electrons. The van der Waals surface area contributed by atoms with E-state index in [4.69, 9.17) is 9.47 Å². The minimum Gasteiger partial charge on any atom is -0.454 e. The second-order valence-electron chi connectivity index (χ2n) is 4.55. The Labute approximate surface area is 116 Å². The van der Waals surface area contributed by atoms with Crippen LogP contribution in [-0.4, -0.2) is 16.8 Å². The number of benzene rings is 2. The first kappa shape index (κ1) is 11.1. The van der Waals surface area contributed by atoms with E-state index in [0.717, 1.165) is 34.0 Å². The second kappa shape index (κ2) is 4.42. The molecule has 0 spiro atoms. The van der Waals surface area contributed by atoms with Crippen LogP contribution in [0.5, 0.6) is 11.5 Å². The summed E-state index contributed by atoms with van der Waals surface area (Å²) >= 11 is 0. The summed E-state index contributed by atoms with van der Waals surface area (Å²) in [4.78, 5) is 7.49. The Bertz CT molecular complexity index is 737. The number of nitrogens with one attached hydrogen (secondary N) is 1. The largest absolute Gasteiger partial charge is 0.454 e. The molecule has 0 radical (unpaired) electrons. The van der Waals surface area contributed by atoms with Crippen LogP contribution in [0, 0.1) is 0 Å². The third-order valence-electron chi connectivity index (χ3n) is 3.35. The molecule has 1 N–H and O–H groups in total. The molecular weight excluding hydrogens is 252 g/mol. The van der Waals surface area contributed by atoms with Crippen molar-refractivity contribution in [2.75, 3.05) is 6.79 Å². The van der Waals surface area contributed by atoms with Gasteiger partial charge >= 0.3 is 0 Å². The maximum atomic E-state index is 5.48. The van der Waals surface area contributed by atoms with Gasteiger partial charge in [-0.25, -0.2) is 4.98 Å². The Morgan fingerprint density at radius 1 is 0.950 bits per heavy atom. The number of H-pyrrole nitrogens is 1. The molecular formula is C16H12N2O2. The molecule has 1 aromatic heterocycles. The van der Waals surface area contributed by atoms with Gasteiger partial charge in [0.15, 0.2) is 11.5 Å². The number of hydrogen-bond donors (Lipinski definition) is 1. The lowest BCUT2D eigenvalue weighted by Gasteiger charge is -2.09. The molecule has 20 heavy (non-hydrogen) atoms. The summed E-state index contributed by atoms with van der Waals surface area (Å²) < 4.78 is 10.9. The fraction of sp³-hybridized carbons (Fsp3) is 0.0625. The minimum atomic E-state index is 0.269. The van der Waals surface area contributed by atoms with Gasteiger partial charge in [-0.3, -0.25) is 0 Å². The van der Waals surface area contributed by atoms with E-state index < -0.39 is 0 Å². The number of nitrogens with zero attached hydrogens (tertiary/aromatic N) is 1. The maximum Gasteiger partial charge on any atom is 0.231 e. The molecule has 0 saturated heterocycles. The maximum absolute atomic E-state index is 5.48. The SMILES string of the molecule is c1ccc(-c2cc3c(cc2-c2ncc[nH]2)OCO3)cc1. The number of ether oxygens (including phenoxy) is 2. The summed E-state index contributed by atoms with van der Waals surface area (Å²) in [5, 5.41) is 0. The molecule has 0 unspecified atom stereocenters. The summed E-state index contributed by atoms with van der Waals surface area (Å²) in [5.41, 5.74) is 3.20. The van der Waals surface area contributed by atoms with Gasteiger partial charge in [0, 0.05) is 18.0 Å². The minimum absolute atomic E-state index is 0.269. The van der Waals surface area contributed by atoms with Gasteiger partial charge in [0.2, 0.25) is 6.79 Å². The zero-order valence-corrected chi connectivity index (χ0v) is 10.7. The van der Waals surface area contributed by atoms with Crippen molar-refractivity contribution >= 4 is 0 Å². The quantitative estimate of drug-likeness (QED) is 0.771. The van der Waals surface area contributed by atoms with Crippen molar-refractivity contribution in [1.29, 1.82) is 0 Å². The zero-order chi connectivity index (χ0) is 13.4. The number of imidazole rings is 1. The molecule has 1 aliphatic rings. The van der Waals surface area contributed by atoms with Crippen LogP contribution in [0.2, 0.25) is 0 Å². The average molecular weight is 264 g/mol. The van der Waals surface area contributed by atoms with Crippen molar-refractivity contribution in [3.63, 3.8) is 0 Å². The summed E-state index contributed by atoms with van der Waals surface area (Å²) in [6.45, 7) is 0.269. The van der Waals surface area contributed by atoms with Crippen molar-refractivity contribution in [3.8, 4) is 34.0 Å². The normalized spacial score (nSPS) is 12.6. The lowest BCUT2D eigenvalue weighted by Crippen LogP contribution is -1.92. The standard InChI is InChI=1S/C16H12N2O2/c1-2-4-11(5-3-1)12-8-14-15(20-10-19-14)9-13(12)16-17-6-7-18-16/h1-9H,10H2,(H,17,18). The lowest BCUT2D eigenvalue weighted by atomic mass is 9.98. The van der Waals surface area contributed by atoms with Gasteiger partial charge in [0.25, 0.3) is 0 Å². The highest BCUT2D eigenvalue weighted by molar-refractivity contribution is 5.83. The Hall–Kier alpha value is -2.75. The van der Waals surface area contributed by atoms with E-state index in [1.54, 1.807) is 6.20 Å². The Balaban J connectivity index is 1.96. The van der Waals surface area contributed by atoms with Crippen molar-refractivity contribution in [1.82, 2.24) is 9.97 Å². The van der Waals surface area contributed by atoms with E-state index in [-0.39, 0.29) is 6.79 Å². The van der Waals surface area contributed by atoms with Crippen molar-refractivity contribution in [3.05, 3.63) is 54.9 Å². The van der Waals surface area contributed by atoms with E-state index in [1.165, 1.54) is 0 Å². The predicted octanol–water partition coefficient (Wildman–Crippen LogP) is 3.47. The van der Waals surface area contributed by atoms with Crippen molar-refractivity contribution in [2.45, 2.75) is 0 Å². The predicted molar refractivity (Wildman–Crippen MR) is 75.6 cm³/mol. The molecule has 0 fully saturated rings. The van der Waals surface area contributed by atoms with Crippen LogP contribution in [0.25, 0.3) is 22.5 Å². The molecule has 0 bridgehead atoms. The molecule has 0 aliphatic carbocycles. The molecule has 0 atom stereocenters. The first-order valence-corrected chi connectivity index (χ1v) is 6.40. The molecule has 4 rings (SSSR count).